The van der Waals surface area contributed by atoms with Gasteiger partial charge in [0.25, 0.3) is 5.91 Å². The third-order valence-electron chi connectivity index (χ3n) is 5.93. The first kappa shape index (κ1) is 17.9. The molecule has 3 unspecified atom stereocenters. The Kier molecular flexibility index (Phi) is 4.38. The predicted molar refractivity (Wildman–Crippen MR) is 95.1 cm³/mol. The molecule has 0 aliphatic carbocycles. The Morgan fingerprint density at radius 3 is 2.63 bits per heavy atom. The number of carbonyl (C=O) groups is 3. The van der Waals surface area contributed by atoms with Crippen LogP contribution in [-0.2, 0) is 15.1 Å². The second-order valence-electron chi connectivity index (χ2n) is 7.63. The zero-order chi connectivity index (χ0) is 19.2. The van der Waals surface area contributed by atoms with E-state index in [1.165, 1.54) is 24.3 Å². The average molecular weight is 374 g/mol. The lowest BCUT2D eigenvalue weighted by atomic mass is 9.92. The van der Waals surface area contributed by atoms with Gasteiger partial charge < -0.3 is 15.5 Å². The van der Waals surface area contributed by atoms with Crippen molar-refractivity contribution in [2.24, 2.45) is 0 Å². The van der Waals surface area contributed by atoms with Crippen LogP contribution in [0.5, 0.6) is 0 Å². The van der Waals surface area contributed by atoms with Crippen molar-refractivity contribution in [2.75, 3.05) is 19.6 Å². The van der Waals surface area contributed by atoms with Gasteiger partial charge in [-0.1, -0.05) is 12.1 Å². The zero-order valence-corrected chi connectivity index (χ0v) is 15.2. The maximum Gasteiger partial charge on any atom is 0.325 e. The van der Waals surface area contributed by atoms with Crippen molar-refractivity contribution in [3.8, 4) is 0 Å². The molecule has 1 aromatic rings. The minimum absolute atomic E-state index is 0.120. The lowest BCUT2D eigenvalue weighted by Crippen LogP contribution is -2.49. The number of carbonyl (C=O) groups excluding carboxylic acids is 3. The first-order valence-electron chi connectivity index (χ1n) is 9.32. The third kappa shape index (κ3) is 2.97. The standard InChI is InChI=1S/C19H23FN4O3/c1-19(12-2-4-13(20)5-3-12)17(26)23(18(27)22-19)11-16(25)24-14-6-7-15(24)10-21-9-8-14/h2-5,14-15,21H,6-11H2,1H3,(H,22,27). The number of benzene rings is 1. The second-order valence-corrected chi connectivity index (χ2v) is 7.63. The van der Waals surface area contributed by atoms with Gasteiger partial charge in [-0.25, -0.2) is 9.18 Å². The molecule has 0 spiro atoms. The van der Waals surface area contributed by atoms with Crippen LogP contribution in [0.2, 0.25) is 0 Å². The molecule has 3 aliphatic rings. The number of amides is 4. The van der Waals surface area contributed by atoms with Gasteiger partial charge in [-0.2, -0.15) is 0 Å². The molecule has 0 saturated carbocycles. The lowest BCUT2D eigenvalue weighted by Gasteiger charge is -2.29. The summed E-state index contributed by atoms with van der Waals surface area (Å²) in [5.74, 6) is -1.11. The number of rotatable bonds is 3. The molecule has 1 aromatic carbocycles. The Bertz CT molecular complexity index is 770. The molecule has 4 rings (SSSR count). The van der Waals surface area contributed by atoms with E-state index < -0.39 is 23.3 Å². The number of halogens is 1. The number of hydrogen-bond acceptors (Lipinski definition) is 4. The number of hydrogen-bond donors (Lipinski definition) is 2. The summed E-state index contributed by atoms with van der Waals surface area (Å²) in [4.78, 5) is 41.2. The lowest BCUT2D eigenvalue weighted by molar-refractivity contribution is -0.140. The number of nitrogens with one attached hydrogen (secondary N) is 2. The molecule has 3 heterocycles. The quantitative estimate of drug-likeness (QED) is 0.772. The average Bonchev–Trinajstić information content (AvgIpc) is 3.02. The second kappa shape index (κ2) is 6.60. The molecule has 2 N–H and O–H groups in total. The Hall–Kier alpha value is -2.48. The van der Waals surface area contributed by atoms with E-state index in [1.807, 2.05) is 4.90 Å². The summed E-state index contributed by atoms with van der Waals surface area (Å²) < 4.78 is 13.2. The number of fused-ring (bicyclic) bond motifs is 2. The normalized spacial score (nSPS) is 30.4. The molecule has 7 nitrogen and oxygen atoms in total. The molecule has 0 radical (unpaired) electrons. The molecule has 3 fully saturated rings. The topological polar surface area (TPSA) is 81.8 Å². The summed E-state index contributed by atoms with van der Waals surface area (Å²) in [6.45, 7) is 2.92. The molecular weight excluding hydrogens is 351 g/mol. The van der Waals surface area contributed by atoms with E-state index in [0.29, 0.717) is 5.56 Å². The molecule has 3 aliphatic heterocycles. The first-order chi connectivity index (χ1) is 12.9. The van der Waals surface area contributed by atoms with Crippen LogP contribution in [0.25, 0.3) is 0 Å². The highest BCUT2D eigenvalue weighted by atomic mass is 19.1. The van der Waals surface area contributed by atoms with Gasteiger partial charge >= 0.3 is 6.03 Å². The molecule has 8 heteroatoms. The predicted octanol–water partition coefficient (Wildman–Crippen LogP) is 0.946. The summed E-state index contributed by atoms with van der Waals surface area (Å²) in [6.07, 6.45) is 2.79. The Balaban J connectivity index is 1.52. The molecule has 3 saturated heterocycles. The smallest absolute Gasteiger partial charge is 0.325 e. The van der Waals surface area contributed by atoms with Crippen molar-refractivity contribution in [2.45, 2.75) is 43.8 Å². The SMILES string of the molecule is CC1(c2ccc(F)cc2)NC(=O)N(CC(=O)N2C3CCNCC2CC3)C1=O. The van der Waals surface area contributed by atoms with E-state index in [-0.39, 0.29) is 24.5 Å². The van der Waals surface area contributed by atoms with Crippen molar-refractivity contribution in [3.05, 3.63) is 35.6 Å². The van der Waals surface area contributed by atoms with E-state index in [0.717, 1.165) is 37.3 Å². The van der Waals surface area contributed by atoms with Crippen molar-refractivity contribution in [1.29, 1.82) is 0 Å². The highest BCUT2D eigenvalue weighted by Crippen LogP contribution is 2.31. The van der Waals surface area contributed by atoms with Crippen molar-refractivity contribution in [3.63, 3.8) is 0 Å². The fourth-order valence-electron chi connectivity index (χ4n) is 4.43. The first-order valence-corrected chi connectivity index (χ1v) is 9.32. The van der Waals surface area contributed by atoms with Crippen LogP contribution in [0.3, 0.4) is 0 Å². The molecule has 3 atom stereocenters. The highest BCUT2D eigenvalue weighted by molar-refractivity contribution is 6.09. The van der Waals surface area contributed by atoms with E-state index in [2.05, 4.69) is 10.6 Å². The number of nitrogens with zero attached hydrogens (tertiary/aromatic N) is 2. The zero-order valence-electron chi connectivity index (χ0n) is 15.2. The van der Waals surface area contributed by atoms with Gasteiger partial charge in [0.05, 0.1) is 0 Å². The highest BCUT2D eigenvalue weighted by Gasteiger charge is 2.50. The minimum Gasteiger partial charge on any atom is -0.334 e. The van der Waals surface area contributed by atoms with Crippen LogP contribution >= 0.6 is 0 Å². The van der Waals surface area contributed by atoms with Crippen LogP contribution in [0.15, 0.2) is 24.3 Å². The Labute approximate surface area is 156 Å². The van der Waals surface area contributed by atoms with E-state index >= 15 is 0 Å². The molecule has 27 heavy (non-hydrogen) atoms. The summed E-state index contributed by atoms with van der Waals surface area (Å²) in [6, 6.07) is 5.13. The molecular formula is C19H23FN4O3. The monoisotopic (exact) mass is 374 g/mol. The van der Waals surface area contributed by atoms with E-state index in [4.69, 9.17) is 0 Å². The van der Waals surface area contributed by atoms with Gasteiger partial charge in [-0.15, -0.1) is 0 Å². The largest absolute Gasteiger partial charge is 0.334 e. The van der Waals surface area contributed by atoms with Crippen LogP contribution in [0.4, 0.5) is 9.18 Å². The van der Waals surface area contributed by atoms with Crippen LogP contribution in [-0.4, -0.2) is 59.4 Å². The summed E-state index contributed by atoms with van der Waals surface area (Å²) >= 11 is 0. The molecule has 0 aromatic heterocycles. The van der Waals surface area contributed by atoms with Gasteiger partial charge in [0.15, 0.2) is 0 Å². The van der Waals surface area contributed by atoms with Crippen LogP contribution in [0.1, 0.15) is 31.7 Å². The van der Waals surface area contributed by atoms with Crippen LogP contribution < -0.4 is 10.6 Å². The van der Waals surface area contributed by atoms with Gasteiger partial charge in [0.2, 0.25) is 5.91 Å². The third-order valence-corrected chi connectivity index (χ3v) is 5.93. The summed E-state index contributed by atoms with van der Waals surface area (Å²) in [7, 11) is 0. The Morgan fingerprint density at radius 1 is 1.19 bits per heavy atom. The van der Waals surface area contributed by atoms with Gasteiger partial charge in [0, 0.05) is 18.6 Å². The summed E-state index contributed by atoms with van der Waals surface area (Å²) in [5, 5.41) is 5.99. The van der Waals surface area contributed by atoms with E-state index in [9.17, 15) is 18.8 Å². The van der Waals surface area contributed by atoms with Crippen molar-refractivity contribution >= 4 is 17.8 Å². The fourth-order valence-corrected chi connectivity index (χ4v) is 4.43. The number of urea groups is 1. The van der Waals surface area contributed by atoms with Gasteiger partial charge in [-0.3, -0.25) is 14.5 Å². The maximum absolute atomic E-state index is 13.2. The molecule has 144 valence electrons. The van der Waals surface area contributed by atoms with Gasteiger partial charge in [-0.05, 0) is 50.4 Å². The van der Waals surface area contributed by atoms with Crippen molar-refractivity contribution in [1.82, 2.24) is 20.4 Å². The summed E-state index contributed by atoms with van der Waals surface area (Å²) in [5.41, 5.74) is -0.819. The van der Waals surface area contributed by atoms with Crippen molar-refractivity contribution < 1.29 is 18.8 Å². The fraction of sp³-hybridized carbons (Fsp3) is 0.526. The Morgan fingerprint density at radius 2 is 1.89 bits per heavy atom. The van der Waals surface area contributed by atoms with Crippen LogP contribution in [0, 0.1) is 5.82 Å². The van der Waals surface area contributed by atoms with E-state index in [1.54, 1.807) is 6.92 Å². The maximum atomic E-state index is 13.2. The minimum atomic E-state index is -1.30. The molecule has 2 bridgehead atoms. The number of imide groups is 1. The molecule has 4 amide bonds. The van der Waals surface area contributed by atoms with Gasteiger partial charge in [0.1, 0.15) is 17.9 Å².